The van der Waals surface area contributed by atoms with E-state index in [9.17, 15) is 9.59 Å². The van der Waals surface area contributed by atoms with Crippen molar-refractivity contribution in [2.45, 2.75) is 12.8 Å². The SMILES string of the molecule is O=C1C=C2C(=O)CC=NC2=CC1. The van der Waals surface area contributed by atoms with Crippen LogP contribution in [0, 0.1) is 0 Å². The Kier molecular flexibility index (Phi) is 1.50. The van der Waals surface area contributed by atoms with E-state index in [2.05, 4.69) is 4.99 Å². The van der Waals surface area contributed by atoms with Crippen molar-refractivity contribution in [3.05, 3.63) is 23.4 Å². The number of rotatable bonds is 0. The molecule has 1 aliphatic carbocycles. The van der Waals surface area contributed by atoms with Crippen molar-refractivity contribution in [3.8, 4) is 0 Å². The van der Waals surface area contributed by atoms with Crippen LogP contribution in [0.4, 0.5) is 0 Å². The lowest BCUT2D eigenvalue weighted by molar-refractivity contribution is -0.116. The predicted octanol–water partition coefficient (Wildman–Crippen LogP) is 0.813. The number of aliphatic imine (C=N–C) groups is 1. The molecule has 3 heteroatoms. The van der Waals surface area contributed by atoms with Gasteiger partial charge in [0.15, 0.2) is 11.6 Å². The Morgan fingerprint density at radius 2 is 2.08 bits per heavy atom. The normalized spacial score (nSPS) is 21.7. The van der Waals surface area contributed by atoms with Gasteiger partial charge in [0.25, 0.3) is 0 Å². The Morgan fingerprint density at radius 3 is 2.92 bits per heavy atom. The highest BCUT2D eigenvalue weighted by atomic mass is 16.1. The molecule has 0 aromatic rings. The summed E-state index contributed by atoms with van der Waals surface area (Å²) in [5.41, 5.74) is 1.14. The minimum atomic E-state index is -0.0146. The molecular formula is C9H7NO2. The van der Waals surface area contributed by atoms with Crippen LogP contribution in [0.1, 0.15) is 12.8 Å². The third kappa shape index (κ3) is 1.03. The largest absolute Gasteiger partial charge is 0.294 e. The highest BCUT2D eigenvalue weighted by Crippen LogP contribution is 2.22. The van der Waals surface area contributed by atoms with Crippen LogP contribution in [0.25, 0.3) is 0 Å². The van der Waals surface area contributed by atoms with Crippen LogP contribution in [-0.4, -0.2) is 17.8 Å². The molecule has 0 aromatic carbocycles. The zero-order chi connectivity index (χ0) is 8.55. The number of allylic oxidation sites excluding steroid dienone is 3. The Morgan fingerprint density at radius 1 is 1.25 bits per heavy atom. The molecule has 2 aliphatic rings. The topological polar surface area (TPSA) is 46.5 Å². The first-order chi connectivity index (χ1) is 5.77. The number of hydrogen-bond donors (Lipinski definition) is 0. The van der Waals surface area contributed by atoms with Crippen molar-refractivity contribution in [2.24, 2.45) is 4.99 Å². The molecule has 0 amide bonds. The molecule has 0 N–H and O–H groups in total. The molecule has 0 saturated heterocycles. The number of carbonyl (C=O) groups is 2. The molecule has 60 valence electrons. The first-order valence-electron chi connectivity index (χ1n) is 3.78. The second-order valence-electron chi connectivity index (χ2n) is 2.76. The quantitative estimate of drug-likeness (QED) is 0.527. The van der Waals surface area contributed by atoms with Crippen molar-refractivity contribution in [3.63, 3.8) is 0 Å². The molecule has 0 bridgehead atoms. The van der Waals surface area contributed by atoms with E-state index in [4.69, 9.17) is 0 Å². The van der Waals surface area contributed by atoms with E-state index in [1.54, 1.807) is 12.3 Å². The van der Waals surface area contributed by atoms with E-state index < -0.39 is 0 Å². The van der Waals surface area contributed by atoms with Gasteiger partial charge in [0.05, 0.1) is 5.70 Å². The Labute approximate surface area is 69.5 Å². The fourth-order valence-corrected chi connectivity index (χ4v) is 1.28. The van der Waals surface area contributed by atoms with E-state index in [-0.39, 0.29) is 11.6 Å². The molecule has 0 unspecified atom stereocenters. The van der Waals surface area contributed by atoms with Crippen molar-refractivity contribution in [1.29, 1.82) is 0 Å². The molecule has 0 spiro atoms. The second kappa shape index (κ2) is 2.52. The number of Topliss-reactive ketones (excluding diaryl/α,β-unsaturated/α-hetero) is 1. The van der Waals surface area contributed by atoms with Gasteiger partial charge in [0.1, 0.15) is 0 Å². The maximum absolute atomic E-state index is 11.2. The summed E-state index contributed by atoms with van der Waals surface area (Å²) in [7, 11) is 0. The summed E-state index contributed by atoms with van der Waals surface area (Å²) < 4.78 is 0. The van der Waals surface area contributed by atoms with Crippen molar-refractivity contribution < 1.29 is 9.59 Å². The van der Waals surface area contributed by atoms with Gasteiger partial charge in [0.2, 0.25) is 0 Å². The minimum Gasteiger partial charge on any atom is -0.294 e. The molecule has 1 aliphatic heterocycles. The van der Waals surface area contributed by atoms with E-state index in [1.165, 1.54) is 6.08 Å². The number of hydrogen-bond acceptors (Lipinski definition) is 3. The average Bonchev–Trinajstić information content (AvgIpc) is 2.07. The van der Waals surface area contributed by atoms with Crippen molar-refractivity contribution in [2.75, 3.05) is 0 Å². The molecule has 0 fully saturated rings. The Balaban J connectivity index is 2.48. The monoisotopic (exact) mass is 161 g/mol. The van der Waals surface area contributed by atoms with Gasteiger partial charge in [-0.3, -0.25) is 14.6 Å². The molecule has 0 atom stereocenters. The summed E-state index contributed by atoms with van der Waals surface area (Å²) in [5.74, 6) is -0.0245. The summed E-state index contributed by atoms with van der Waals surface area (Å²) in [6.07, 6.45) is 5.36. The highest BCUT2D eigenvalue weighted by molar-refractivity contribution is 6.13. The van der Waals surface area contributed by atoms with E-state index in [0.717, 1.165) is 0 Å². The fraction of sp³-hybridized carbons (Fsp3) is 0.222. The van der Waals surface area contributed by atoms with Gasteiger partial charge in [0, 0.05) is 24.6 Å². The van der Waals surface area contributed by atoms with Crippen LogP contribution in [0.15, 0.2) is 28.4 Å². The molecule has 1 heterocycles. The molecule has 0 aromatic heterocycles. The van der Waals surface area contributed by atoms with Gasteiger partial charge in [-0.1, -0.05) is 6.08 Å². The van der Waals surface area contributed by atoms with Crippen LogP contribution in [0.2, 0.25) is 0 Å². The summed E-state index contributed by atoms with van der Waals surface area (Å²) in [6.45, 7) is 0. The van der Waals surface area contributed by atoms with E-state index in [1.807, 2.05) is 0 Å². The van der Waals surface area contributed by atoms with Gasteiger partial charge >= 0.3 is 0 Å². The lowest BCUT2D eigenvalue weighted by atomic mass is 9.96. The average molecular weight is 161 g/mol. The Hall–Kier alpha value is -1.51. The summed E-state index contributed by atoms with van der Waals surface area (Å²) in [6, 6.07) is 0. The fourth-order valence-electron chi connectivity index (χ4n) is 1.28. The van der Waals surface area contributed by atoms with Crippen molar-refractivity contribution >= 4 is 17.8 Å². The second-order valence-corrected chi connectivity index (χ2v) is 2.76. The van der Waals surface area contributed by atoms with Gasteiger partial charge < -0.3 is 0 Å². The molecule has 3 nitrogen and oxygen atoms in total. The number of ketones is 2. The zero-order valence-corrected chi connectivity index (χ0v) is 6.41. The summed E-state index contributed by atoms with van der Waals surface area (Å²) in [5, 5.41) is 0. The molecule has 2 rings (SSSR count). The number of nitrogens with zero attached hydrogens (tertiary/aromatic N) is 1. The standard InChI is InChI=1S/C9H7NO2/c11-6-1-2-8-7(5-6)9(12)3-4-10-8/h2,4-5H,1,3H2. The maximum Gasteiger partial charge on any atom is 0.170 e. The van der Waals surface area contributed by atoms with Gasteiger partial charge in [-0.2, -0.15) is 0 Å². The van der Waals surface area contributed by atoms with E-state index in [0.29, 0.717) is 24.1 Å². The summed E-state index contributed by atoms with van der Waals surface area (Å²) >= 11 is 0. The van der Waals surface area contributed by atoms with Gasteiger partial charge in [-0.05, 0) is 6.08 Å². The summed E-state index contributed by atoms with van der Waals surface area (Å²) in [4.78, 5) is 26.2. The Bertz CT molecular complexity index is 348. The van der Waals surface area contributed by atoms with Crippen LogP contribution < -0.4 is 0 Å². The van der Waals surface area contributed by atoms with E-state index >= 15 is 0 Å². The van der Waals surface area contributed by atoms with Crippen LogP contribution in [0.3, 0.4) is 0 Å². The third-order valence-electron chi connectivity index (χ3n) is 1.89. The minimum absolute atomic E-state index is 0.00991. The van der Waals surface area contributed by atoms with Gasteiger partial charge in [-0.15, -0.1) is 0 Å². The zero-order valence-electron chi connectivity index (χ0n) is 6.41. The lowest BCUT2D eigenvalue weighted by Gasteiger charge is -2.13. The number of carbonyl (C=O) groups excluding carboxylic acids is 2. The van der Waals surface area contributed by atoms with Crippen LogP contribution >= 0.6 is 0 Å². The van der Waals surface area contributed by atoms with Gasteiger partial charge in [-0.25, -0.2) is 0 Å². The highest BCUT2D eigenvalue weighted by Gasteiger charge is 2.21. The first-order valence-corrected chi connectivity index (χ1v) is 3.78. The third-order valence-corrected chi connectivity index (χ3v) is 1.89. The molecule has 12 heavy (non-hydrogen) atoms. The molecule has 0 saturated carbocycles. The van der Waals surface area contributed by atoms with Crippen molar-refractivity contribution in [1.82, 2.24) is 0 Å². The smallest absolute Gasteiger partial charge is 0.170 e. The maximum atomic E-state index is 11.2. The lowest BCUT2D eigenvalue weighted by Crippen LogP contribution is -2.14. The molecular weight excluding hydrogens is 154 g/mol. The predicted molar refractivity (Wildman–Crippen MR) is 43.9 cm³/mol. The first kappa shape index (κ1) is 7.16. The van der Waals surface area contributed by atoms with Crippen LogP contribution in [0.5, 0.6) is 0 Å². The number of fused-ring (bicyclic) bond motifs is 1. The molecule has 0 radical (unpaired) electrons. The van der Waals surface area contributed by atoms with Crippen LogP contribution in [-0.2, 0) is 9.59 Å².